The van der Waals surface area contributed by atoms with Gasteiger partial charge in [0, 0.05) is 24.7 Å². The van der Waals surface area contributed by atoms with Gasteiger partial charge in [0.1, 0.15) is 0 Å². The van der Waals surface area contributed by atoms with E-state index in [1.807, 2.05) is 50.2 Å². The summed E-state index contributed by atoms with van der Waals surface area (Å²) in [7, 11) is 1.59. The van der Waals surface area contributed by atoms with Gasteiger partial charge in [0.15, 0.2) is 5.41 Å². The van der Waals surface area contributed by atoms with Crippen molar-refractivity contribution in [2.75, 3.05) is 7.11 Å². The molecule has 0 saturated carbocycles. The summed E-state index contributed by atoms with van der Waals surface area (Å²) < 4.78 is 12.3. The molecule has 2 aromatic carbocycles. The van der Waals surface area contributed by atoms with Gasteiger partial charge < -0.3 is 9.47 Å². The molecular weight excluding hydrogens is 336 g/mol. The largest absolute Gasteiger partial charge is 0.334 e. The second-order valence-electron chi connectivity index (χ2n) is 7.49. The Bertz CT molecular complexity index is 890. The van der Waals surface area contributed by atoms with Crippen LogP contribution in [0.3, 0.4) is 0 Å². The van der Waals surface area contributed by atoms with Crippen LogP contribution in [0, 0.1) is 16.7 Å². The Hall–Kier alpha value is -2.48. The van der Waals surface area contributed by atoms with E-state index in [4.69, 9.17) is 14.5 Å². The van der Waals surface area contributed by atoms with Gasteiger partial charge in [-0.25, -0.2) is 4.99 Å². The van der Waals surface area contributed by atoms with Crippen molar-refractivity contribution in [2.24, 2.45) is 10.4 Å². The second-order valence-corrected chi connectivity index (χ2v) is 7.49. The first-order valence-electron chi connectivity index (χ1n) is 9.37. The number of rotatable bonds is 3. The molecule has 2 aliphatic rings. The van der Waals surface area contributed by atoms with E-state index < -0.39 is 11.3 Å². The first-order chi connectivity index (χ1) is 13.1. The number of nitriles is 1. The molecule has 0 spiro atoms. The predicted molar refractivity (Wildman–Crippen MR) is 104 cm³/mol. The lowest BCUT2D eigenvalue weighted by Gasteiger charge is -2.46. The van der Waals surface area contributed by atoms with Crippen molar-refractivity contribution in [3.8, 4) is 6.07 Å². The van der Waals surface area contributed by atoms with E-state index in [0.29, 0.717) is 6.42 Å². The van der Waals surface area contributed by atoms with Crippen LogP contribution in [0.4, 0.5) is 0 Å². The average molecular weight is 360 g/mol. The Kier molecular flexibility index (Phi) is 4.38. The molecule has 138 valence electrons. The van der Waals surface area contributed by atoms with Crippen LogP contribution in [0.1, 0.15) is 43.2 Å². The maximum absolute atomic E-state index is 10.6. The highest BCUT2D eigenvalue weighted by Crippen LogP contribution is 2.65. The smallest absolute Gasteiger partial charge is 0.290 e. The fourth-order valence-electron chi connectivity index (χ4n) is 5.03. The number of benzene rings is 2. The molecule has 0 N–H and O–H groups in total. The van der Waals surface area contributed by atoms with Crippen LogP contribution < -0.4 is 0 Å². The maximum atomic E-state index is 10.6. The lowest BCUT2D eigenvalue weighted by Crippen LogP contribution is -2.53. The Morgan fingerprint density at radius 1 is 1.07 bits per heavy atom. The summed E-state index contributed by atoms with van der Waals surface area (Å²) in [6, 6.07) is 23.0. The zero-order valence-corrected chi connectivity index (χ0v) is 15.9. The number of fused-ring (bicyclic) bond motifs is 1. The number of ether oxygens (including phenoxy) is 2. The molecule has 5 unspecified atom stereocenters. The van der Waals surface area contributed by atoms with E-state index in [1.165, 1.54) is 0 Å². The van der Waals surface area contributed by atoms with Crippen LogP contribution in [0.2, 0.25) is 0 Å². The predicted octanol–water partition coefficient (Wildman–Crippen LogP) is 4.65. The third-order valence-electron chi connectivity index (χ3n) is 6.04. The Morgan fingerprint density at radius 3 is 2.22 bits per heavy atom. The van der Waals surface area contributed by atoms with Crippen LogP contribution in [0.25, 0.3) is 0 Å². The second kappa shape index (κ2) is 6.60. The highest BCUT2D eigenvalue weighted by atomic mass is 16.7. The van der Waals surface area contributed by atoms with Gasteiger partial charge in [0.2, 0.25) is 0 Å². The van der Waals surface area contributed by atoms with E-state index >= 15 is 0 Å². The first-order valence-corrected chi connectivity index (χ1v) is 9.37. The SMILES string of the molecule is COC12N=C(C)CC(c3ccccc3)C1(C#N)C(c1ccccc1)C(C)O2. The number of aliphatic imine (C=N–C) groups is 1. The molecule has 5 atom stereocenters. The van der Waals surface area contributed by atoms with E-state index in [0.717, 1.165) is 16.8 Å². The third-order valence-corrected chi connectivity index (χ3v) is 6.04. The van der Waals surface area contributed by atoms with Gasteiger partial charge >= 0.3 is 0 Å². The molecule has 2 heterocycles. The van der Waals surface area contributed by atoms with Gasteiger partial charge in [0.25, 0.3) is 5.91 Å². The van der Waals surface area contributed by atoms with E-state index in [1.54, 1.807) is 7.11 Å². The number of hydrogen-bond donors (Lipinski definition) is 0. The fraction of sp³-hybridized carbons (Fsp3) is 0.391. The van der Waals surface area contributed by atoms with Crippen molar-refractivity contribution in [2.45, 2.75) is 44.1 Å². The van der Waals surface area contributed by atoms with Crippen molar-refractivity contribution in [1.82, 2.24) is 0 Å². The Morgan fingerprint density at radius 2 is 1.67 bits per heavy atom. The van der Waals surface area contributed by atoms with Crippen LogP contribution >= 0.6 is 0 Å². The lowest BCUT2D eigenvalue weighted by molar-refractivity contribution is -0.245. The van der Waals surface area contributed by atoms with Crippen molar-refractivity contribution < 1.29 is 9.47 Å². The van der Waals surface area contributed by atoms with Crippen LogP contribution in [0.15, 0.2) is 65.7 Å². The molecule has 0 radical (unpaired) electrons. The lowest BCUT2D eigenvalue weighted by atomic mass is 9.58. The molecule has 27 heavy (non-hydrogen) atoms. The summed E-state index contributed by atoms with van der Waals surface area (Å²) in [5, 5.41) is 10.6. The number of hydrogen-bond acceptors (Lipinski definition) is 4. The van der Waals surface area contributed by atoms with Gasteiger partial charge in [-0.3, -0.25) is 0 Å². The molecule has 4 nitrogen and oxygen atoms in total. The van der Waals surface area contributed by atoms with E-state index in [-0.39, 0.29) is 17.9 Å². The van der Waals surface area contributed by atoms with E-state index in [2.05, 4.69) is 30.3 Å². The van der Waals surface area contributed by atoms with Crippen LogP contribution in [-0.4, -0.2) is 24.8 Å². The highest BCUT2D eigenvalue weighted by Gasteiger charge is 2.71. The van der Waals surface area contributed by atoms with Crippen molar-refractivity contribution in [3.05, 3.63) is 71.8 Å². The van der Waals surface area contributed by atoms with Gasteiger partial charge in [-0.1, -0.05) is 60.7 Å². The minimum atomic E-state index is -1.30. The molecule has 4 heteroatoms. The summed E-state index contributed by atoms with van der Waals surface area (Å²) in [6.07, 6.45) is 0.509. The van der Waals surface area contributed by atoms with Crippen LogP contribution in [-0.2, 0) is 9.47 Å². The molecule has 2 aliphatic heterocycles. The molecule has 0 aromatic heterocycles. The van der Waals surface area contributed by atoms with Crippen molar-refractivity contribution in [1.29, 1.82) is 5.26 Å². The minimum Gasteiger partial charge on any atom is -0.334 e. The van der Waals surface area contributed by atoms with Gasteiger partial charge in [-0.2, -0.15) is 5.26 Å². The van der Waals surface area contributed by atoms with Crippen LogP contribution in [0.5, 0.6) is 0 Å². The molecular formula is C23H24N2O2. The standard InChI is InChI=1S/C23H24N2O2/c1-16-14-20(18-10-6-4-7-11-18)22(15-24)21(19-12-8-5-9-13-19)17(2)27-23(22,25-16)26-3/h4-13,17,20-21H,14H2,1-3H3. The summed E-state index contributed by atoms with van der Waals surface area (Å²) in [6.45, 7) is 4.00. The maximum Gasteiger partial charge on any atom is 0.290 e. The summed E-state index contributed by atoms with van der Waals surface area (Å²) in [4.78, 5) is 4.79. The molecule has 0 aliphatic carbocycles. The Balaban J connectivity index is 2.00. The summed E-state index contributed by atoms with van der Waals surface area (Å²) in [5.41, 5.74) is 2.19. The Labute approximate surface area is 160 Å². The molecule has 0 amide bonds. The molecule has 1 fully saturated rings. The fourth-order valence-corrected chi connectivity index (χ4v) is 5.03. The highest BCUT2D eigenvalue weighted by molar-refractivity contribution is 5.84. The topological polar surface area (TPSA) is 54.6 Å². The summed E-state index contributed by atoms with van der Waals surface area (Å²) >= 11 is 0. The zero-order chi connectivity index (χ0) is 19.1. The molecule has 0 bridgehead atoms. The number of nitrogens with zero attached hydrogens (tertiary/aromatic N) is 2. The summed E-state index contributed by atoms with van der Waals surface area (Å²) in [5.74, 6) is -1.52. The van der Waals surface area contributed by atoms with Gasteiger partial charge in [-0.05, 0) is 31.4 Å². The van der Waals surface area contributed by atoms with Gasteiger partial charge in [-0.15, -0.1) is 0 Å². The molecule has 1 saturated heterocycles. The molecule has 2 aromatic rings. The molecule has 4 rings (SSSR count). The third kappa shape index (κ3) is 2.46. The normalized spacial score (nSPS) is 35.2. The van der Waals surface area contributed by atoms with Crippen molar-refractivity contribution in [3.63, 3.8) is 0 Å². The quantitative estimate of drug-likeness (QED) is 0.801. The monoisotopic (exact) mass is 360 g/mol. The average Bonchev–Trinajstić information content (AvgIpc) is 2.97. The van der Waals surface area contributed by atoms with Crippen molar-refractivity contribution >= 4 is 5.71 Å². The number of methoxy groups -OCH3 is 1. The zero-order valence-electron chi connectivity index (χ0n) is 15.9. The van der Waals surface area contributed by atoms with Gasteiger partial charge in [0.05, 0.1) is 12.2 Å². The first kappa shape index (κ1) is 17.9. The van der Waals surface area contributed by atoms with E-state index in [9.17, 15) is 5.26 Å². The minimum absolute atomic E-state index is 0.0729.